The van der Waals surface area contributed by atoms with Gasteiger partial charge in [0.15, 0.2) is 5.58 Å². The molecular weight excluding hydrogens is 256 g/mol. The van der Waals surface area contributed by atoms with Crippen LogP contribution >= 0.6 is 0 Å². The number of oxazole rings is 1. The lowest BCUT2D eigenvalue weighted by molar-refractivity contribution is 0.551. The van der Waals surface area contributed by atoms with E-state index in [1.54, 1.807) is 0 Å². The lowest BCUT2D eigenvalue weighted by Crippen LogP contribution is -2.27. The Morgan fingerprint density at radius 1 is 1.39 bits per heavy atom. The monoisotopic (exact) mass is 270 g/mol. The number of hydrogen-bond donors (Lipinski definition) is 2. The molecule has 7 heteroatoms. The zero-order valence-electron chi connectivity index (χ0n) is 10.1. The quantitative estimate of drug-likeness (QED) is 0.868. The number of H-pyrrole nitrogens is 1. The van der Waals surface area contributed by atoms with Crippen molar-refractivity contribution in [1.29, 1.82) is 0 Å². The summed E-state index contributed by atoms with van der Waals surface area (Å²) >= 11 is 0. The molecule has 2 rings (SSSR count). The van der Waals surface area contributed by atoms with E-state index in [4.69, 9.17) is 4.42 Å². The van der Waals surface area contributed by atoms with E-state index < -0.39 is 15.8 Å². The molecule has 0 amide bonds. The van der Waals surface area contributed by atoms with Crippen molar-refractivity contribution < 1.29 is 12.8 Å². The van der Waals surface area contributed by atoms with Crippen molar-refractivity contribution in [3.63, 3.8) is 0 Å². The first-order chi connectivity index (χ1) is 8.38. The number of aromatic amines is 1. The highest BCUT2D eigenvalue weighted by atomic mass is 32.2. The minimum atomic E-state index is -3.56. The number of rotatable bonds is 4. The van der Waals surface area contributed by atoms with Gasteiger partial charge in [0.2, 0.25) is 10.0 Å². The maximum absolute atomic E-state index is 11.9. The smallest absolute Gasteiger partial charge is 0.408 e. The van der Waals surface area contributed by atoms with Gasteiger partial charge in [-0.25, -0.2) is 17.9 Å². The van der Waals surface area contributed by atoms with Crippen LogP contribution in [0.3, 0.4) is 0 Å². The van der Waals surface area contributed by atoms with E-state index >= 15 is 0 Å². The van der Waals surface area contributed by atoms with Crippen LogP contribution in [0, 0.1) is 5.92 Å². The van der Waals surface area contributed by atoms with Crippen molar-refractivity contribution in [2.45, 2.75) is 18.7 Å². The Morgan fingerprint density at radius 2 is 2.11 bits per heavy atom. The molecule has 1 heterocycles. The molecule has 18 heavy (non-hydrogen) atoms. The number of hydrogen-bond acceptors (Lipinski definition) is 4. The van der Waals surface area contributed by atoms with Crippen LogP contribution in [0.4, 0.5) is 0 Å². The van der Waals surface area contributed by atoms with Gasteiger partial charge in [-0.2, -0.15) is 0 Å². The van der Waals surface area contributed by atoms with Gasteiger partial charge in [-0.15, -0.1) is 0 Å². The van der Waals surface area contributed by atoms with E-state index in [0.717, 1.165) is 0 Å². The predicted molar refractivity (Wildman–Crippen MR) is 66.9 cm³/mol. The summed E-state index contributed by atoms with van der Waals surface area (Å²) in [5.41, 5.74) is 0.704. The van der Waals surface area contributed by atoms with E-state index in [0.29, 0.717) is 12.1 Å². The lowest BCUT2D eigenvalue weighted by atomic mass is 10.2. The van der Waals surface area contributed by atoms with Gasteiger partial charge in [0.05, 0.1) is 10.4 Å². The summed E-state index contributed by atoms with van der Waals surface area (Å²) in [6.07, 6.45) is 0. The fraction of sp³-hybridized carbons (Fsp3) is 0.364. The SMILES string of the molecule is CC(C)CNS(=O)(=O)c1ccc2[nH]c(=O)oc2c1. The molecule has 0 radical (unpaired) electrons. The topological polar surface area (TPSA) is 92.2 Å². The van der Waals surface area contributed by atoms with Crippen molar-refractivity contribution in [3.05, 3.63) is 28.7 Å². The summed E-state index contributed by atoms with van der Waals surface area (Å²) < 4.78 is 31.2. The van der Waals surface area contributed by atoms with E-state index in [-0.39, 0.29) is 16.4 Å². The van der Waals surface area contributed by atoms with Gasteiger partial charge in [-0.05, 0) is 18.1 Å². The zero-order valence-corrected chi connectivity index (χ0v) is 10.9. The first kappa shape index (κ1) is 12.8. The Kier molecular flexibility index (Phi) is 3.27. The fourth-order valence-corrected chi connectivity index (χ4v) is 2.68. The standard InChI is InChI=1S/C11H14N2O4S/c1-7(2)6-12-18(15,16)8-3-4-9-10(5-8)17-11(14)13-9/h3-5,7,12H,6H2,1-2H3,(H,13,14). The highest BCUT2D eigenvalue weighted by Gasteiger charge is 2.15. The number of aromatic nitrogens is 1. The number of fused-ring (bicyclic) bond motifs is 1. The molecule has 0 spiro atoms. The number of nitrogens with one attached hydrogen (secondary N) is 2. The molecular formula is C11H14N2O4S. The van der Waals surface area contributed by atoms with Crippen molar-refractivity contribution >= 4 is 21.1 Å². The normalized spacial score (nSPS) is 12.4. The highest BCUT2D eigenvalue weighted by molar-refractivity contribution is 7.89. The van der Waals surface area contributed by atoms with Gasteiger partial charge in [-0.1, -0.05) is 13.8 Å². The average molecular weight is 270 g/mol. The van der Waals surface area contributed by atoms with Crippen molar-refractivity contribution in [3.8, 4) is 0 Å². The Balaban J connectivity index is 2.38. The molecule has 1 aromatic carbocycles. The van der Waals surface area contributed by atoms with E-state index in [1.165, 1.54) is 18.2 Å². The van der Waals surface area contributed by atoms with Crippen LogP contribution in [-0.4, -0.2) is 19.9 Å². The Labute approximate surface area is 104 Å². The summed E-state index contributed by atoms with van der Waals surface area (Å²) in [4.78, 5) is 13.5. The predicted octanol–water partition coefficient (Wildman–Crippen LogP) is 1.06. The van der Waals surface area contributed by atoms with Crippen LogP contribution in [-0.2, 0) is 10.0 Å². The van der Waals surface area contributed by atoms with Crippen LogP contribution in [0.2, 0.25) is 0 Å². The summed E-state index contributed by atoms with van der Waals surface area (Å²) in [5, 5.41) is 0. The second-order valence-electron chi connectivity index (χ2n) is 4.42. The Bertz CT molecular complexity index is 712. The molecule has 2 aromatic rings. The van der Waals surface area contributed by atoms with Gasteiger partial charge >= 0.3 is 5.76 Å². The molecule has 0 fully saturated rings. The third kappa shape index (κ3) is 2.62. The third-order valence-electron chi connectivity index (χ3n) is 2.38. The minimum Gasteiger partial charge on any atom is -0.408 e. The average Bonchev–Trinajstić information content (AvgIpc) is 2.65. The van der Waals surface area contributed by atoms with E-state index in [2.05, 4.69) is 9.71 Å². The molecule has 0 aliphatic carbocycles. The largest absolute Gasteiger partial charge is 0.417 e. The second kappa shape index (κ2) is 4.58. The van der Waals surface area contributed by atoms with E-state index in [1.807, 2.05) is 13.8 Å². The van der Waals surface area contributed by atoms with Crippen molar-refractivity contribution in [2.24, 2.45) is 5.92 Å². The molecule has 6 nitrogen and oxygen atoms in total. The van der Waals surface area contributed by atoms with Gasteiger partial charge < -0.3 is 4.42 Å². The summed E-state index contributed by atoms with van der Waals surface area (Å²) in [7, 11) is -3.56. The Hall–Kier alpha value is -1.60. The first-order valence-corrected chi connectivity index (χ1v) is 6.99. The summed E-state index contributed by atoms with van der Waals surface area (Å²) in [5.74, 6) is -0.386. The van der Waals surface area contributed by atoms with Crippen molar-refractivity contribution in [1.82, 2.24) is 9.71 Å². The van der Waals surface area contributed by atoms with Crippen LogP contribution in [0.25, 0.3) is 11.1 Å². The Morgan fingerprint density at radius 3 is 2.78 bits per heavy atom. The molecule has 98 valence electrons. The van der Waals surface area contributed by atoms with Crippen LogP contribution in [0.5, 0.6) is 0 Å². The molecule has 0 bridgehead atoms. The van der Waals surface area contributed by atoms with Crippen LogP contribution < -0.4 is 10.5 Å². The highest BCUT2D eigenvalue weighted by Crippen LogP contribution is 2.16. The molecule has 0 saturated heterocycles. The first-order valence-electron chi connectivity index (χ1n) is 5.51. The molecule has 0 aliphatic rings. The van der Waals surface area contributed by atoms with Gasteiger partial charge in [0.25, 0.3) is 0 Å². The van der Waals surface area contributed by atoms with Gasteiger partial charge in [0.1, 0.15) is 0 Å². The lowest BCUT2D eigenvalue weighted by Gasteiger charge is -2.08. The van der Waals surface area contributed by atoms with Gasteiger partial charge in [-0.3, -0.25) is 4.98 Å². The third-order valence-corrected chi connectivity index (χ3v) is 3.81. The van der Waals surface area contributed by atoms with Crippen LogP contribution in [0.15, 0.2) is 32.3 Å². The summed E-state index contributed by atoms with van der Waals surface area (Å²) in [6.45, 7) is 4.19. The fourth-order valence-electron chi connectivity index (χ4n) is 1.45. The van der Waals surface area contributed by atoms with E-state index in [9.17, 15) is 13.2 Å². The number of benzene rings is 1. The molecule has 2 N–H and O–H groups in total. The van der Waals surface area contributed by atoms with Crippen LogP contribution in [0.1, 0.15) is 13.8 Å². The second-order valence-corrected chi connectivity index (χ2v) is 6.19. The minimum absolute atomic E-state index is 0.0819. The molecule has 0 aliphatic heterocycles. The maximum atomic E-state index is 11.9. The molecule has 0 unspecified atom stereocenters. The molecule has 0 saturated carbocycles. The maximum Gasteiger partial charge on any atom is 0.417 e. The zero-order chi connectivity index (χ0) is 13.3. The van der Waals surface area contributed by atoms with Crippen molar-refractivity contribution in [2.75, 3.05) is 6.54 Å². The molecule has 1 aromatic heterocycles. The summed E-state index contributed by atoms with van der Waals surface area (Å²) in [6, 6.07) is 4.26. The number of sulfonamides is 1. The van der Waals surface area contributed by atoms with Gasteiger partial charge in [0, 0.05) is 12.6 Å². The molecule has 0 atom stereocenters.